The molecule has 0 saturated heterocycles. The second kappa shape index (κ2) is 13.5. The Morgan fingerprint density at radius 3 is 2.79 bits per heavy atom. The van der Waals surface area contributed by atoms with Crippen LogP contribution in [0.1, 0.15) is 78.4 Å². The highest BCUT2D eigenvalue weighted by Crippen LogP contribution is 2.30. The summed E-state index contributed by atoms with van der Waals surface area (Å²) in [4.78, 5) is 14.5. The second-order valence-corrected chi connectivity index (χ2v) is 9.71. The van der Waals surface area contributed by atoms with Gasteiger partial charge in [0, 0.05) is 25.8 Å². The van der Waals surface area contributed by atoms with Crippen LogP contribution < -0.4 is 10.5 Å². The number of aryl methyl sites for hydroxylation is 1. The predicted molar refractivity (Wildman–Crippen MR) is 138 cm³/mol. The topological polar surface area (TPSA) is 75.8 Å². The molecular weight excluding hydrogens is 424 g/mol. The molecule has 2 aromatic carbocycles. The van der Waals surface area contributed by atoms with Gasteiger partial charge in [-0.3, -0.25) is 4.79 Å². The van der Waals surface area contributed by atoms with E-state index in [9.17, 15) is 4.79 Å². The summed E-state index contributed by atoms with van der Waals surface area (Å²) in [6, 6.07) is 14.5. The molecule has 2 aromatic rings. The molecule has 0 saturated carbocycles. The third kappa shape index (κ3) is 7.31. The molecule has 5 nitrogen and oxygen atoms in total. The molecule has 186 valence electrons. The van der Waals surface area contributed by atoms with Gasteiger partial charge >= 0.3 is 0 Å². The maximum atomic E-state index is 12.7. The van der Waals surface area contributed by atoms with Gasteiger partial charge in [0.2, 0.25) is 0 Å². The van der Waals surface area contributed by atoms with E-state index < -0.39 is 0 Å². The van der Waals surface area contributed by atoms with Crippen LogP contribution in [-0.2, 0) is 12.8 Å². The Hall–Kier alpha value is -2.37. The fraction of sp³-hybridized carbons (Fsp3) is 0.552. The molecule has 0 bridgehead atoms. The lowest BCUT2D eigenvalue weighted by atomic mass is 9.81. The van der Waals surface area contributed by atoms with E-state index in [4.69, 9.17) is 15.6 Å². The van der Waals surface area contributed by atoms with Crippen LogP contribution in [0, 0.1) is 5.92 Å². The predicted octanol–water partition coefficient (Wildman–Crippen LogP) is 4.95. The van der Waals surface area contributed by atoms with Crippen molar-refractivity contribution in [1.29, 1.82) is 0 Å². The summed E-state index contributed by atoms with van der Waals surface area (Å²) in [7, 11) is 1.86. The van der Waals surface area contributed by atoms with E-state index in [2.05, 4.69) is 25.1 Å². The van der Waals surface area contributed by atoms with Gasteiger partial charge in [0.15, 0.2) is 0 Å². The summed E-state index contributed by atoms with van der Waals surface area (Å²) in [5, 5.41) is 9.05. The molecule has 34 heavy (non-hydrogen) atoms. The number of hydrogen-bond donors (Lipinski definition) is 2. The summed E-state index contributed by atoms with van der Waals surface area (Å²) in [5.74, 6) is 1.66. The van der Waals surface area contributed by atoms with Crippen LogP contribution in [0.25, 0.3) is 0 Å². The first-order valence-corrected chi connectivity index (χ1v) is 13.0. The van der Waals surface area contributed by atoms with Gasteiger partial charge in [-0.05, 0) is 91.8 Å². The highest BCUT2D eigenvalue weighted by atomic mass is 16.5. The number of aliphatic hydroxyl groups is 1. The van der Waals surface area contributed by atoms with Crippen molar-refractivity contribution in [3.05, 3.63) is 64.7 Å². The van der Waals surface area contributed by atoms with Gasteiger partial charge in [-0.1, -0.05) is 44.0 Å². The molecule has 1 aliphatic rings. The van der Waals surface area contributed by atoms with Crippen molar-refractivity contribution in [1.82, 2.24) is 4.90 Å². The number of benzene rings is 2. The highest BCUT2D eigenvalue weighted by molar-refractivity contribution is 5.94. The van der Waals surface area contributed by atoms with E-state index in [-0.39, 0.29) is 12.5 Å². The first kappa shape index (κ1) is 26.2. The van der Waals surface area contributed by atoms with Crippen molar-refractivity contribution in [2.45, 2.75) is 64.2 Å². The zero-order valence-electron chi connectivity index (χ0n) is 21.0. The smallest absolute Gasteiger partial charge is 0.253 e. The number of carbonyl (C=O) groups excluding carboxylic acids is 1. The minimum absolute atomic E-state index is 0.0495. The zero-order chi connectivity index (χ0) is 24.3. The van der Waals surface area contributed by atoms with Gasteiger partial charge in [0.25, 0.3) is 5.91 Å². The number of rotatable bonds is 13. The van der Waals surface area contributed by atoms with E-state index in [0.29, 0.717) is 30.6 Å². The molecule has 1 amide bonds. The molecule has 0 fully saturated rings. The zero-order valence-corrected chi connectivity index (χ0v) is 21.0. The van der Waals surface area contributed by atoms with E-state index in [1.54, 1.807) is 4.90 Å². The Labute approximate surface area is 205 Å². The first-order valence-electron chi connectivity index (χ1n) is 13.0. The first-order chi connectivity index (χ1) is 16.5. The van der Waals surface area contributed by atoms with Gasteiger partial charge in [-0.15, -0.1) is 0 Å². The van der Waals surface area contributed by atoms with E-state index >= 15 is 0 Å². The fourth-order valence-electron chi connectivity index (χ4n) is 4.82. The van der Waals surface area contributed by atoms with Crippen molar-refractivity contribution in [2.75, 3.05) is 33.4 Å². The lowest BCUT2D eigenvalue weighted by Crippen LogP contribution is -2.27. The summed E-state index contributed by atoms with van der Waals surface area (Å²) in [6.07, 6.45) is 8.16. The molecule has 0 aromatic heterocycles. The molecule has 1 aliphatic carbocycles. The molecule has 0 aliphatic heterocycles. The lowest BCUT2D eigenvalue weighted by Gasteiger charge is -2.26. The average Bonchev–Trinajstić information content (AvgIpc) is 2.88. The Morgan fingerprint density at radius 1 is 1.18 bits per heavy atom. The molecule has 0 heterocycles. The number of nitrogens with two attached hydrogens (primary N) is 1. The van der Waals surface area contributed by atoms with Gasteiger partial charge in [-0.25, -0.2) is 0 Å². The molecule has 0 spiro atoms. The summed E-state index contributed by atoms with van der Waals surface area (Å²) < 4.78 is 6.14. The Bertz CT molecular complexity index is 914. The third-order valence-electron chi connectivity index (χ3n) is 7.04. The molecule has 0 radical (unpaired) electrons. The van der Waals surface area contributed by atoms with E-state index in [1.807, 2.05) is 31.3 Å². The van der Waals surface area contributed by atoms with Crippen molar-refractivity contribution < 1.29 is 14.6 Å². The molecular formula is C29H42N2O3. The Balaban J connectivity index is 1.55. The normalized spacial score (nSPS) is 16.1. The van der Waals surface area contributed by atoms with Crippen LogP contribution in [0.2, 0.25) is 0 Å². The number of amides is 1. The van der Waals surface area contributed by atoms with Crippen molar-refractivity contribution >= 4 is 5.91 Å². The van der Waals surface area contributed by atoms with Crippen LogP contribution in [-0.4, -0.2) is 49.3 Å². The lowest BCUT2D eigenvalue weighted by molar-refractivity contribution is 0.0792. The number of aliphatic hydroxyl groups excluding tert-OH is 1. The third-order valence-corrected chi connectivity index (χ3v) is 7.04. The average molecular weight is 467 g/mol. The van der Waals surface area contributed by atoms with Crippen LogP contribution in [0.4, 0.5) is 0 Å². The molecule has 3 rings (SSSR count). The maximum Gasteiger partial charge on any atom is 0.253 e. The van der Waals surface area contributed by atoms with Crippen molar-refractivity contribution in [2.24, 2.45) is 11.7 Å². The number of hydrogen-bond acceptors (Lipinski definition) is 4. The minimum Gasteiger partial charge on any atom is -0.493 e. The number of carbonyl (C=O) groups is 1. The van der Waals surface area contributed by atoms with Crippen LogP contribution >= 0.6 is 0 Å². The van der Waals surface area contributed by atoms with E-state index in [1.165, 1.54) is 16.7 Å². The number of unbranched alkanes of at least 4 members (excludes halogenated alkanes) is 2. The Morgan fingerprint density at radius 2 is 2.03 bits per heavy atom. The number of nitrogens with zero attached hydrogens (tertiary/aromatic N) is 1. The van der Waals surface area contributed by atoms with E-state index in [0.717, 1.165) is 63.7 Å². The minimum atomic E-state index is 0.0495. The van der Waals surface area contributed by atoms with Crippen LogP contribution in [0.3, 0.4) is 0 Å². The molecule has 0 unspecified atom stereocenters. The molecule has 5 heteroatoms. The number of ether oxygens (including phenoxy) is 1. The summed E-state index contributed by atoms with van der Waals surface area (Å²) >= 11 is 0. The van der Waals surface area contributed by atoms with Crippen molar-refractivity contribution in [3.8, 4) is 5.75 Å². The largest absolute Gasteiger partial charge is 0.493 e. The van der Waals surface area contributed by atoms with Crippen LogP contribution in [0.5, 0.6) is 5.75 Å². The van der Waals surface area contributed by atoms with Gasteiger partial charge in [0.1, 0.15) is 5.75 Å². The SMILES string of the molecule is CCCCN(C)C(=O)c1cccc(OC[C@@H]2CCc3cc([C@H](CN)CCCCO)ccc3C2)c1. The Kier molecular flexibility index (Phi) is 10.4. The molecule has 2 atom stereocenters. The number of fused-ring (bicyclic) bond motifs is 1. The van der Waals surface area contributed by atoms with Crippen molar-refractivity contribution in [3.63, 3.8) is 0 Å². The second-order valence-electron chi connectivity index (χ2n) is 9.71. The van der Waals surface area contributed by atoms with Crippen LogP contribution in [0.15, 0.2) is 42.5 Å². The maximum absolute atomic E-state index is 12.7. The monoisotopic (exact) mass is 466 g/mol. The fourth-order valence-corrected chi connectivity index (χ4v) is 4.82. The quantitative estimate of drug-likeness (QED) is 0.410. The molecule has 3 N–H and O–H groups in total. The van der Waals surface area contributed by atoms with Gasteiger partial charge < -0.3 is 20.5 Å². The highest BCUT2D eigenvalue weighted by Gasteiger charge is 2.21. The van der Waals surface area contributed by atoms with Gasteiger partial charge in [0.05, 0.1) is 6.61 Å². The van der Waals surface area contributed by atoms with Gasteiger partial charge in [-0.2, -0.15) is 0 Å². The summed E-state index contributed by atoms with van der Waals surface area (Å²) in [6.45, 7) is 4.47. The standard InChI is InChI=1S/C29H42N2O3/c1-3-4-15-31(2)29(33)26-9-7-10-28(19-26)34-21-22-11-12-24-18-25(14-13-23(24)17-22)27(20-30)8-5-6-16-32/h7,9-10,13-14,18-19,22,27,32H,3-6,8,11-12,15-17,20-21,30H2,1-2H3/t22-,27+/m1/s1. The summed E-state index contributed by atoms with van der Waals surface area (Å²) in [5.41, 5.74) is 10.9.